The second kappa shape index (κ2) is 5.03. The van der Waals surface area contributed by atoms with Crippen LogP contribution >= 0.6 is 0 Å². The third kappa shape index (κ3) is 2.33. The van der Waals surface area contributed by atoms with E-state index in [9.17, 15) is 9.59 Å². The largest absolute Gasteiger partial charge is 0.465 e. The van der Waals surface area contributed by atoms with Gasteiger partial charge in [-0.2, -0.15) is 0 Å². The molecule has 0 fully saturated rings. The van der Waals surface area contributed by atoms with Gasteiger partial charge in [0.05, 0.1) is 12.7 Å². The van der Waals surface area contributed by atoms with Crippen LogP contribution < -0.4 is 0 Å². The van der Waals surface area contributed by atoms with Crippen molar-refractivity contribution >= 4 is 11.9 Å². The number of amides is 1. The summed E-state index contributed by atoms with van der Waals surface area (Å²) in [6.07, 6.45) is 0. The number of ether oxygens (including phenoxy) is 1. The molecular formula is C12H18N2O3. The molecule has 0 radical (unpaired) electrons. The maximum absolute atomic E-state index is 12.0. The van der Waals surface area contributed by atoms with Gasteiger partial charge in [-0.3, -0.25) is 4.79 Å². The molecule has 1 heterocycles. The molecule has 17 heavy (non-hydrogen) atoms. The summed E-state index contributed by atoms with van der Waals surface area (Å²) in [5, 5.41) is 0. The molecule has 0 aliphatic carbocycles. The van der Waals surface area contributed by atoms with E-state index < -0.39 is 5.97 Å². The second-order valence-electron chi connectivity index (χ2n) is 3.94. The molecule has 5 nitrogen and oxygen atoms in total. The van der Waals surface area contributed by atoms with Crippen molar-refractivity contribution in [2.75, 3.05) is 20.7 Å². The lowest BCUT2D eigenvalue weighted by molar-refractivity contribution is 0.0599. The summed E-state index contributed by atoms with van der Waals surface area (Å²) in [5.74, 6) is -0.544. The van der Waals surface area contributed by atoms with Crippen LogP contribution in [0.2, 0.25) is 0 Å². The minimum absolute atomic E-state index is 0.122. The van der Waals surface area contributed by atoms with Crippen molar-refractivity contribution in [3.05, 3.63) is 22.5 Å². The maximum Gasteiger partial charge on any atom is 0.339 e. The van der Waals surface area contributed by atoms with Gasteiger partial charge in [-0.25, -0.2) is 4.79 Å². The summed E-state index contributed by atoms with van der Waals surface area (Å²) >= 11 is 0. The first-order valence-electron chi connectivity index (χ1n) is 5.46. The predicted molar refractivity (Wildman–Crippen MR) is 64.2 cm³/mol. The number of esters is 1. The Labute approximate surface area is 101 Å². The van der Waals surface area contributed by atoms with Crippen molar-refractivity contribution in [3.8, 4) is 0 Å². The molecule has 0 aromatic carbocycles. The molecule has 1 N–H and O–H groups in total. The minimum atomic E-state index is -0.422. The van der Waals surface area contributed by atoms with Crippen LogP contribution in [-0.2, 0) is 4.74 Å². The molecule has 0 bridgehead atoms. The van der Waals surface area contributed by atoms with Gasteiger partial charge in [0, 0.05) is 19.3 Å². The Morgan fingerprint density at radius 3 is 2.41 bits per heavy atom. The van der Waals surface area contributed by atoms with Crippen LogP contribution in [-0.4, -0.2) is 42.5 Å². The van der Waals surface area contributed by atoms with Crippen LogP contribution in [0.3, 0.4) is 0 Å². The quantitative estimate of drug-likeness (QED) is 0.812. The summed E-state index contributed by atoms with van der Waals surface area (Å²) in [5.41, 5.74) is 2.19. The lowest BCUT2D eigenvalue weighted by Crippen LogP contribution is -2.27. The summed E-state index contributed by atoms with van der Waals surface area (Å²) in [7, 11) is 3.05. The van der Waals surface area contributed by atoms with Gasteiger partial charge in [0.15, 0.2) is 0 Å². The predicted octanol–water partition coefficient (Wildman–Crippen LogP) is 1.51. The van der Waals surface area contributed by atoms with Crippen molar-refractivity contribution in [3.63, 3.8) is 0 Å². The van der Waals surface area contributed by atoms with Crippen LogP contribution in [0.5, 0.6) is 0 Å². The van der Waals surface area contributed by atoms with E-state index in [0.29, 0.717) is 29.1 Å². The number of carbonyl (C=O) groups is 2. The van der Waals surface area contributed by atoms with Gasteiger partial charge in [-0.05, 0) is 26.3 Å². The van der Waals surface area contributed by atoms with E-state index in [0.717, 1.165) is 0 Å². The fourth-order valence-electron chi connectivity index (χ4n) is 1.71. The number of aromatic amines is 1. The molecule has 94 valence electrons. The van der Waals surface area contributed by atoms with Gasteiger partial charge in [0.1, 0.15) is 5.69 Å². The lowest BCUT2D eigenvalue weighted by atomic mass is 10.1. The van der Waals surface area contributed by atoms with Crippen molar-refractivity contribution in [2.24, 2.45) is 0 Å². The molecule has 0 spiro atoms. The van der Waals surface area contributed by atoms with Crippen LogP contribution in [0.1, 0.15) is 39.0 Å². The van der Waals surface area contributed by atoms with Crippen LogP contribution in [0.4, 0.5) is 0 Å². The van der Waals surface area contributed by atoms with Crippen LogP contribution in [0.25, 0.3) is 0 Å². The van der Waals surface area contributed by atoms with Crippen molar-refractivity contribution in [1.29, 1.82) is 0 Å². The van der Waals surface area contributed by atoms with E-state index in [2.05, 4.69) is 4.98 Å². The molecule has 0 saturated carbocycles. The van der Waals surface area contributed by atoms with Crippen molar-refractivity contribution in [2.45, 2.75) is 20.8 Å². The fraction of sp³-hybridized carbons (Fsp3) is 0.500. The first kappa shape index (κ1) is 13.3. The number of hydrogen-bond acceptors (Lipinski definition) is 3. The van der Waals surface area contributed by atoms with Gasteiger partial charge in [-0.1, -0.05) is 0 Å². The highest BCUT2D eigenvalue weighted by atomic mass is 16.5. The van der Waals surface area contributed by atoms with E-state index >= 15 is 0 Å². The molecule has 1 aromatic rings. The van der Waals surface area contributed by atoms with Crippen LogP contribution in [0, 0.1) is 13.8 Å². The molecule has 1 rings (SSSR count). The monoisotopic (exact) mass is 238 g/mol. The number of aromatic nitrogens is 1. The first-order chi connectivity index (χ1) is 7.93. The third-order valence-corrected chi connectivity index (χ3v) is 2.86. The Kier molecular flexibility index (Phi) is 3.93. The molecular weight excluding hydrogens is 220 g/mol. The highest BCUT2D eigenvalue weighted by Gasteiger charge is 2.23. The average Bonchev–Trinajstić information content (AvgIpc) is 2.62. The molecule has 1 amide bonds. The van der Waals surface area contributed by atoms with Crippen LogP contribution in [0.15, 0.2) is 0 Å². The summed E-state index contributed by atoms with van der Waals surface area (Å²) in [6, 6.07) is 0. The fourth-order valence-corrected chi connectivity index (χ4v) is 1.71. The maximum atomic E-state index is 12.0. The summed E-state index contributed by atoms with van der Waals surface area (Å²) in [4.78, 5) is 28.1. The zero-order valence-electron chi connectivity index (χ0n) is 10.9. The Morgan fingerprint density at radius 2 is 1.94 bits per heavy atom. The second-order valence-corrected chi connectivity index (χ2v) is 3.94. The summed E-state index contributed by atoms with van der Waals surface area (Å²) in [6.45, 7) is 6.00. The Hall–Kier alpha value is -1.78. The third-order valence-electron chi connectivity index (χ3n) is 2.86. The highest BCUT2D eigenvalue weighted by molar-refractivity contribution is 6.00. The van der Waals surface area contributed by atoms with E-state index in [4.69, 9.17) is 4.74 Å². The molecule has 0 unspecified atom stereocenters. The zero-order chi connectivity index (χ0) is 13.2. The van der Waals surface area contributed by atoms with Gasteiger partial charge in [0.2, 0.25) is 0 Å². The Balaban J connectivity index is 3.21. The van der Waals surface area contributed by atoms with Gasteiger partial charge >= 0.3 is 5.97 Å². The highest BCUT2D eigenvalue weighted by Crippen LogP contribution is 2.19. The van der Waals surface area contributed by atoms with E-state index in [1.54, 1.807) is 25.8 Å². The standard InChI is InChI=1S/C12H18N2O3/c1-6-14(4)11(15)10-7(2)9(8(3)13-10)12(16)17-5/h13H,6H2,1-5H3. The van der Waals surface area contributed by atoms with Gasteiger partial charge < -0.3 is 14.6 Å². The van der Waals surface area contributed by atoms with E-state index in [-0.39, 0.29) is 5.91 Å². The van der Waals surface area contributed by atoms with Gasteiger partial charge in [-0.15, -0.1) is 0 Å². The number of H-pyrrole nitrogens is 1. The molecule has 1 aromatic heterocycles. The molecule has 0 atom stereocenters. The topological polar surface area (TPSA) is 62.4 Å². The number of aryl methyl sites for hydroxylation is 1. The number of carbonyl (C=O) groups excluding carboxylic acids is 2. The number of methoxy groups -OCH3 is 1. The molecule has 0 saturated heterocycles. The van der Waals surface area contributed by atoms with Crippen molar-refractivity contribution < 1.29 is 14.3 Å². The molecule has 5 heteroatoms. The average molecular weight is 238 g/mol. The Morgan fingerprint density at radius 1 is 1.35 bits per heavy atom. The molecule has 0 aliphatic heterocycles. The Bertz CT molecular complexity index is 449. The lowest BCUT2D eigenvalue weighted by Gasteiger charge is -2.13. The van der Waals surface area contributed by atoms with E-state index in [1.807, 2.05) is 6.92 Å². The van der Waals surface area contributed by atoms with Crippen molar-refractivity contribution in [1.82, 2.24) is 9.88 Å². The number of hydrogen-bond donors (Lipinski definition) is 1. The zero-order valence-corrected chi connectivity index (χ0v) is 10.9. The first-order valence-corrected chi connectivity index (χ1v) is 5.46. The smallest absolute Gasteiger partial charge is 0.339 e. The normalized spacial score (nSPS) is 10.2. The SMILES string of the molecule is CCN(C)C(=O)c1[nH]c(C)c(C(=O)OC)c1C. The molecule has 0 aliphatic rings. The number of nitrogens with zero attached hydrogens (tertiary/aromatic N) is 1. The summed E-state index contributed by atoms with van der Waals surface area (Å²) < 4.78 is 4.69. The van der Waals surface area contributed by atoms with E-state index in [1.165, 1.54) is 7.11 Å². The minimum Gasteiger partial charge on any atom is -0.465 e. The number of nitrogens with one attached hydrogen (secondary N) is 1. The number of rotatable bonds is 3. The van der Waals surface area contributed by atoms with Gasteiger partial charge in [0.25, 0.3) is 5.91 Å².